The molecule has 41 heavy (non-hydrogen) atoms. The summed E-state index contributed by atoms with van der Waals surface area (Å²) in [6.07, 6.45) is 0. The lowest BCUT2D eigenvalue weighted by Crippen LogP contribution is -2.15. The first kappa shape index (κ1) is 23.8. The molecule has 0 unspecified atom stereocenters. The van der Waals surface area contributed by atoms with Gasteiger partial charge in [0.15, 0.2) is 5.58 Å². The van der Waals surface area contributed by atoms with Crippen LogP contribution in [0.1, 0.15) is 25.0 Å². The first-order chi connectivity index (χ1) is 20.1. The van der Waals surface area contributed by atoms with Crippen molar-refractivity contribution in [2.24, 2.45) is 0 Å². The maximum Gasteiger partial charge on any atom is 0.159 e. The zero-order valence-corrected chi connectivity index (χ0v) is 23.1. The SMILES string of the molecule is CC1(C)c2ccccc2-c2cc(N(c3ccc(-c4ccccc4)cc3)c3cccc4c3oc3ccccc34)ccc21. The van der Waals surface area contributed by atoms with Crippen LogP contribution in [-0.4, -0.2) is 0 Å². The van der Waals surface area contributed by atoms with Gasteiger partial charge in [0.05, 0.1) is 5.69 Å². The lowest BCUT2D eigenvalue weighted by atomic mass is 9.82. The van der Waals surface area contributed by atoms with Gasteiger partial charge >= 0.3 is 0 Å². The Morgan fingerprint density at radius 2 is 1.17 bits per heavy atom. The van der Waals surface area contributed by atoms with E-state index >= 15 is 0 Å². The molecule has 0 fully saturated rings. The third-order valence-corrected chi connectivity index (χ3v) is 8.68. The molecule has 2 heteroatoms. The van der Waals surface area contributed by atoms with Gasteiger partial charge in [-0.05, 0) is 69.8 Å². The van der Waals surface area contributed by atoms with E-state index in [2.05, 4.69) is 146 Å². The smallest absolute Gasteiger partial charge is 0.159 e. The first-order valence-electron chi connectivity index (χ1n) is 14.2. The molecule has 1 aliphatic rings. The van der Waals surface area contributed by atoms with Crippen LogP contribution in [0.4, 0.5) is 17.1 Å². The molecule has 196 valence electrons. The number of benzene rings is 6. The summed E-state index contributed by atoms with van der Waals surface area (Å²) in [5.41, 5.74) is 12.7. The number of anilines is 3. The maximum absolute atomic E-state index is 6.54. The lowest BCUT2D eigenvalue weighted by molar-refractivity contribution is 0.660. The van der Waals surface area contributed by atoms with Gasteiger partial charge in [0, 0.05) is 27.6 Å². The van der Waals surface area contributed by atoms with Gasteiger partial charge in [0.1, 0.15) is 5.58 Å². The molecule has 1 heterocycles. The first-order valence-corrected chi connectivity index (χ1v) is 14.2. The monoisotopic (exact) mass is 527 g/mol. The second-order valence-electron chi connectivity index (χ2n) is 11.4. The molecule has 0 amide bonds. The number of fused-ring (bicyclic) bond motifs is 6. The molecule has 0 aliphatic heterocycles. The summed E-state index contributed by atoms with van der Waals surface area (Å²) < 4.78 is 6.54. The lowest BCUT2D eigenvalue weighted by Gasteiger charge is -2.27. The standard InChI is InChI=1S/C39H29NO/c1-39(2)34-16-8-6-13-30(34)33-25-29(23-24-35(33)39)40(28-21-19-27(20-22-28)26-11-4-3-5-12-26)36-17-10-15-32-31-14-7-9-18-37(31)41-38(32)36/h3-25H,1-2H3. The topological polar surface area (TPSA) is 16.4 Å². The minimum Gasteiger partial charge on any atom is -0.454 e. The highest BCUT2D eigenvalue weighted by atomic mass is 16.3. The van der Waals surface area contributed by atoms with Crippen molar-refractivity contribution in [3.8, 4) is 22.3 Å². The number of furan rings is 1. The second kappa shape index (κ2) is 8.97. The minimum absolute atomic E-state index is 0.0363. The van der Waals surface area contributed by atoms with E-state index in [1.54, 1.807) is 0 Å². The van der Waals surface area contributed by atoms with Crippen LogP contribution in [0.2, 0.25) is 0 Å². The molecular formula is C39H29NO. The highest BCUT2D eigenvalue weighted by Gasteiger charge is 2.35. The fourth-order valence-electron chi connectivity index (χ4n) is 6.62. The van der Waals surface area contributed by atoms with E-state index in [9.17, 15) is 0 Å². The molecule has 0 saturated carbocycles. The van der Waals surface area contributed by atoms with Crippen LogP contribution in [0.5, 0.6) is 0 Å². The van der Waals surface area contributed by atoms with Crippen molar-refractivity contribution in [2.75, 3.05) is 4.90 Å². The maximum atomic E-state index is 6.54. The summed E-state index contributed by atoms with van der Waals surface area (Å²) in [7, 11) is 0. The van der Waals surface area contributed by atoms with E-state index in [-0.39, 0.29) is 5.41 Å². The Hall–Kier alpha value is -5.08. The molecule has 2 nitrogen and oxygen atoms in total. The van der Waals surface area contributed by atoms with Crippen LogP contribution in [0.25, 0.3) is 44.2 Å². The molecule has 0 radical (unpaired) electrons. The second-order valence-corrected chi connectivity index (χ2v) is 11.4. The Labute approximate surface area is 240 Å². The number of nitrogens with zero attached hydrogens (tertiary/aromatic N) is 1. The molecule has 0 spiro atoms. The fraction of sp³-hybridized carbons (Fsp3) is 0.0769. The minimum atomic E-state index is -0.0363. The molecule has 0 saturated heterocycles. The Morgan fingerprint density at radius 3 is 2.02 bits per heavy atom. The van der Waals surface area contributed by atoms with E-state index in [0.29, 0.717) is 0 Å². The van der Waals surface area contributed by atoms with E-state index in [0.717, 1.165) is 39.0 Å². The molecule has 0 N–H and O–H groups in total. The third-order valence-electron chi connectivity index (χ3n) is 8.68. The molecule has 8 rings (SSSR count). The Bertz CT molecular complexity index is 2070. The van der Waals surface area contributed by atoms with Crippen LogP contribution >= 0.6 is 0 Å². The third kappa shape index (κ3) is 3.64. The summed E-state index contributed by atoms with van der Waals surface area (Å²) in [5.74, 6) is 0. The van der Waals surface area contributed by atoms with Crippen molar-refractivity contribution in [3.63, 3.8) is 0 Å². The van der Waals surface area contributed by atoms with Crippen molar-refractivity contribution in [1.82, 2.24) is 0 Å². The van der Waals surface area contributed by atoms with Crippen LogP contribution in [0.3, 0.4) is 0 Å². The quantitative estimate of drug-likeness (QED) is 0.226. The van der Waals surface area contributed by atoms with Crippen molar-refractivity contribution in [2.45, 2.75) is 19.3 Å². The van der Waals surface area contributed by atoms with Gasteiger partial charge in [-0.15, -0.1) is 0 Å². The number of hydrogen-bond acceptors (Lipinski definition) is 2. The van der Waals surface area contributed by atoms with Gasteiger partial charge in [-0.2, -0.15) is 0 Å². The van der Waals surface area contributed by atoms with E-state index < -0.39 is 0 Å². The van der Waals surface area contributed by atoms with Crippen molar-refractivity contribution < 1.29 is 4.42 Å². The van der Waals surface area contributed by atoms with Crippen LogP contribution in [-0.2, 0) is 5.41 Å². The normalized spacial score (nSPS) is 13.3. The Kier molecular flexibility index (Phi) is 5.20. The molecular weight excluding hydrogens is 498 g/mol. The average molecular weight is 528 g/mol. The molecule has 0 atom stereocenters. The summed E-state index contributed by atoms with van der Waals surface area (Å²) in [5, 5.41) is 2.25. The van der Waals surface area contributed by atoms with E-state index in [1.807, 2.05) is 12.1 Å². The molecule has 0 bridgehead atoms. The summed E-state index contributed by atoms with van der Waals surface area (Å²) in [6, 6.07) is 49.9. The predicted octanol–water partition coefficient (Wildman–Crippen LogP) is 11.0. The van der Waals surface area contributed by atoms with Gasteiger partial charge in [-0.25, -0.2) is 0 Å². The number of rotatable bonds is 4. The zero-order chi connectivity index (χ0) is 27.6. The number of hydrogen-bond donors (Lipinski definition) is 0. The highest BCUT2D eigenvalue weighted by Crippen LogP contribution is 2.51. The van der Waals surface area contributed by atoms with E-state index in [4.69, 9.17) is 4.42 Å². The fourth-order valence-corrected chi connectivity index (χ4v) is 6.62. The predicted molar refractivity (Wildman–Crippen MR) is 171 cm³/mol. The van der Waals surface area contributed by atoms with Gasteiger partial charge in [0.25, 0.3) is 0 Å². The van der Waals surface area contributed by atoms with Crippen molar-refractivity contribution >= 4 is 39.0 Å². The van der Waals surface area contributed by atoms with Crippen molar-refractivity contribution in [1.29, 1.82) is 0 Å². The van der Waals surface area contributed by atoms with Crippen LogP contribution < -0.4 is 4.90 Å². The van der Waals surface area contributed by atoms with Gasteiger partial charge < -0.3 is 9.32 Å². The van der Waals surface area contributed by atoms with Gasteiger partial charge in [-0.1, -0.05) is 117 Å². The average Bonchev–Trinajstić information content (AvgIpc) is 3.51. The Morgan fingerprint density at radius 1 is 0.512 bits per heavy atom. The molecule has 6 aromatic carbocycles. The summed E-state index contributed by atoms with van der Waals surface area (Å²) >= 11 is 0. The summed E-state index contributed by atoms with van der Waals surface area (Å²) in [4.78, 5) is 2.34. The van der Waals surface area contributed by atoms with Crippen LogP contribution in [0, 0.1) is 0 Å². The summed E-state index contributed by atoms with van der Waals surface area (Å²) in [6.45, 7) is 4.65. The highest BCUT2D eigenvalue weighted by molar-refractivity contribution is 6.10. The van der Waals surface area contributed by atoms with Gasteiger partial charge in [0.2, 0.25) is 0 Å². The zero-order valence-electron chi connectivity index (χ0n) is 23.1. The molecule has 1 aliphatic carbocycles. The van der Waals surface area contributed by atoms with Gasteiger partial charge in [-0.3, -0.25) is 0 Å². The van der Waals surface area contributed by atoms with E-state index in [1.165, 1.54) is 33.4 Å². The Balaban J connectivity index is 1.35. The number of para-hydroxylation sites is 2. The van der Waals surface area contributed by atoms with Crippen molar-refractivity contribution in [3.05, 3.63) is 151 Å². The largest absolute Gasteiger partial charge is 0.454 e. The van der Waals surface area contributed by atoms with Crippen LogP contribution in [0.15, 0.2) is 144 Å². The molecule has 7 aromatic rings. The molecule has 1 aromatic heterocycles.